The maximum atomic E-state index is 12.1. The summed E-state index contributed by atoms with van der Waals surface area (Å²) in [5.41, 5.74) is 3.21. The van der Waals surface area contributed by atoms with Gasteiger partial charge in [0.25, 0.3) is 0 Å². The van der Waals surface area contributed by atoms with Gasteiger partial charge in [0.2, 0.25) is 0 Å². The highest BCUT2D eigenvalue weighted by Crippen LogP contribution is 2.13. The number of nitrogens with zero attached hydrogens (tertiary/aromatic N) is 1. The molecule has 3 heteroatoms. The average molecular weight is 273 g/mol. The Bertz CT molecular complexity index is 498. The number of hydrogen-bond donors (Lipinski definition) is 0. The molecule has 20 heavy (non-hydrogen) atoms. The number of rotatable bonds is 5. The van der Waals surface area contributed by atoms with Crippen LogP contribution in [0.1, 0.15) is 47.2 Å². The van der Waals surface area contributed by atoms with E-state index in [1.165, 1.54) is 11.1 Å². The first-order valence-corrected chi connectivity index (χ1v) is 7.41. The van der Waals surface area contributed by atoms with Gasteiger partial charge in [-0.2, -0.15) is 0 Å². The van der Waals surface area contributed by atoms with E-state index in [1.807, 2.05) is 25.1 Å². The predicted octanol–water partition coefficient (Wildman–Crippen LogP) is 2.93. The normalized spacial score (nSPS) is 16.4. The molecule has 0 bridgehead atoms. The molecule has 0 atom stereocenters. The lowest BCUT2D eigenvalue weighted by atomic mass is 10.0. The van der Waals surface area contributed by atoms with E-state index in [-0.39, 0.29) is 5.78 Å². The van der Waals surface area contributed by atoms with Crippen LogP contribution < -0.4 is 0 Å². The van der Waals surface area contributed by atoms with Crippen molar-refractivity contribution in [3.8, 4) is 0 Å². The zero-order valence-corrected chi connectivity index (χ0v) is 12.4. The molecule has 2 rings (SSSR count). The molecule has 0 aliphatic carbocycles. The largest absolute Gasteiger partial charge is 0.302 e. The van der Waals surface area contributed by atoms with Crippen molar-refractivity contribution in [1.82, 2.24) is 4.90 Å². The van der Waals surface area contributed by atoms with Gasteiger partial charge < -0.3 is 4.90 Å². The summed E-state index contributed by atoms with van der Waals surface area (Å²) in [5, 5.41) is 0. The van der Waals surface area contributed by atoms with Gasteiger partial charge in [0.05, 0.1) is 0 Å². The first kappa shape index (κ1) is 14.9. The fourth-order valence-electron chi connectivity index (χ4n) is 2.55. The predicted molar refractivity (Wildman–Crippen MR) is 80.2 cm³/mol. The summed E-state index contributed by atoms with van der Waals surface area (Å²) < 4.78 is 0. The number of carbonyl (C=O) groups excluding carboxylic acids is 2. The number of hydrogen-bond acceptors (Lipinski definition) is 3. The Balaban J connectivity index is 1.77. The van der Waals surface area contributed by atoms with Crippen molar-refractivity contribution in [2.24, 2.45) is 0 Å². The maximum absolute atomic E-state index is 12.1. The molecule has 0 N–H and O–H groups in total. The molecule has 1 saturated heterocycles. The van der Waals surface area contributed by atoms with E-state index in [0.29, 0.717) is 25.0 Å². The Kier molecular flexibility index (Phi) is 5.07. The third kappa shape index (κ3) is 4.01. The summed E-state index contributed by atoms with van der Waals surface area (Å²) >= 11 is 0. The fourth-order valence-corrected chi connectivity index (χ4v) is 2.55. The summed E-state index contributed by atoms with van der Waals surface area (Å²) in [4.78, 5) is 25.6. The van der Waals surface area contributed by atoms with Gasteiger partial charge in [-0.1, -0.05) is 12.1 Å². The molecule has 0 unspecified atom stereocenters. The van der Waals surface area contributed by atoms with Crippen LogP contribution in [0, 0.1) is 13.8 Å². The van der Waals surface area contributed by atoms with Crippen molar-refractivity contribution in [1.29, 1.82) is 0 Å². The fraction of sp³-hybridized carbons (Fsp3) is 0.529. The van der Waals surface area contributed by atoms with Gasteiger partial charge in [-0.3, -0.25) is 9.59 Å². The van der Waals surface area contributed by atoms with Crippen LogP contribution in [0.5, 0.6) is 0 Å². The van der Waals surface area contributed by atoms with Crippen LogP contribution in [-0.4, -0.2) is 36.1 Å². The highest BCUT2D eigenvalue weighted by Gasteiger charge is 2.16. The Labute approximate surface area is 121 Å². The molecule has 1 aliphatic heterocycles. The molecule has 0 radical (unpaired) electrons. The molecule has 0 amide bonds. The number of aryl methyl sites for hydroxylation is 2. The quantitative estimate of drug-likeness (QED) is 0.774. The van der Waals surface area contributed by atoms with E-state index >= 15 is 0 Å². The Morgan fingerprint density at radius 2 is 1.85 bits per heavy atom. The van der Waals surface area contributed by atoms with Crippen LogP contribution >= 0.6 is 0 Å². The molecule has 1 aromatic rings. The maximum Gasteiger partial charge on any atom is 0.162 e. The van der Waals surface area contributed by atoms with E-state index in [1.54, 1.807) is 0 Å². The number of benzene rings is 1. The topological polar surface area (TPSA) is 37.4 Å². The minimum Gasteiger partial charge on any atom is -0.302 e. The molecule has 1 fully saturated rings. The Morgan fingerprint density at radius 3 is 2.50 bits per heavy atom. The van der Waals surface area contributed by atoms with Gasteiger partial charge in [-0.15, -0.1) is 0 Å². The second kappa shape index (κ2) is 6.80. The highest BCUT2D eigenvalue weighted by atomic mass is 16.1. The highest BCUT2D eigenvalue weighted by molar-refractivity contribution is 5.96. The first-order valence-electron chi connectivity index (χ1n) is 7.41. The lowest BCUT2D eigenvalue weighted by molar-refractivity contribution is -0.121. The van der Waals surface area contributed by atoms with Crippen LogP contribution in [-0.2, 0) is 4.79 Å². The van der Waals surface area contributed by atoms with Gasteiger partial charge in [0.1, 0.15) is 5.78 Å². The molecule has 1 aromatic carbocycles. The molecular formula is C17H23NO2. The van der Waals surface area contributed by atoms with E-state index in [9.17, 15) is 9.59 Å². The summed E-state index contributed by atoms with van der Waals surface area (Å²) in [7, 11) is 0. The molecule has 0 saturated carbocycles. The zero-order valence-electron chi connectivity index (χ0n) is 12.4. The van der Waals surface area contributed by atoms with E-state index in [0.717, 1.165) is 31.6 Å². The molecule has 3 nitrogen and oxygen atoms in total. The van der Waals surface area contributed by atoms with Gasteiger partial charge >= 0.3 is 0 Å². The SMILES string of the molecule is Cc1ccc(C(=O)CCCN2CCC(=O)CC2)cc1C. The van der Waals surface area contributed by atoms with E-state index in [2.05, 4.69) is 11.8 Å². The second-order valence-electron chi connectivity index (χ2n) is 5.71. The zero-order chi connectivity index (χ0) is 14.5. The number of piperidine rings is 1. The van der Waals surface area contributed by atoms with Crippen molar-refractivity contribution >= 4 is 11.6 Å². The second-order valence-corrected chi connectivity index (χ2v) is 5.71. The van der Waals surface area contributed by atoms with Crippen molar-refractivity contribution in [2.75, 3.05) is 19.6 Å². The van der Waals surface area contributed by atoms with E-state index < -0.39 is 0 Å². The summed E-state index contributed by atoms with van der Waals surface area (Å²) in [5.74, 6) is 0.591. The Hall–Kier alpha value is -1.48. The molecule has 0 spiro atoms. The molecule has 108 valence electrons. The molecule has 1 heterocycles. The van der Waals surface area contributed by atoms with Crippen molar-refractivity contribution in [3.05, 3.63) is 34.9 Å². The van der Waals surface area contributed by atoms with Crippen LogP contribution in [0.4, 0.5) is 0 Å². The van der Waals surface area contributed by atoms with Crippen molar-refractivity contribution in [2.45, 2.75) is 39.5 Å². The third-order valence-electron chi connectivity index (χ3n) is 4.12. The summed E-state index contributed by atoms with van der Waals surface area (Å²) in [6.07, 6.45) is 2.81. The Morgan fingerprint density at radius 1 is 1.15 bits per heavy atom. The lowest BCUT2D eigenvalue weighted by Gasteiger charge is -2.25. The average Bonchev–Trinajstić information content (AvgIpc) is 2.44. The minimum absolute atomic E-state index is 0.223. The number of carbonyl (C=O) groups is 2. The van der Waals surface area contributed by atoms with Crippen LogP contribution in [0.15, 0.2) is 18.2 Å². The molecule has 1 aliphatic rings. The van der Waals surface area contributed by atoms with Gasteiger partial charge in [0.15, 0.2) is 5.78 Å². The minimum atomic E-state index is 0.223. The van der Waals surface area contributed by atoms with E-state index in [4.69, 9.17) is 0 Å². The van der Waals surface area contributed by atoms with Gasteiger partial charge in [-0.05, 0) is 44.0 Å². The summed E-state index contributed by atoms with van der Waals surface area (Å²) in [6, 6.07) is 5.92. The van der Waals surface area contributed by atoms with Crippen LogP contribution in [0.3, 0.4) is 0 Å². The lowest BCUT2D eigenvalue weighted by Crippen LogP contribution is -2.34. The third-order valence-corrected chi connectivity index (χ3v) is 4.12. The number of ketones is 2. The number of likely N-dealkylation sites (tertiary alicyclic amines) is 1. The standard InChI is InChI=1S/C17H23NO2/c1-13-5-6-15(12-14(13)2)17(20)4-3-9-18-10-7-16(19)8-11-18/h5-6,12H,3-4,7-11H2,1-2H3. The summed E-state index contributed by atoms with van der Waals surface area (Å²) in [6.45, 7) is 6.73. The molecular weight excluding hydrogens is 250 g/mol. The van der Waals surface area contributed by atoms with Crippen LogP contribution in [0.2, 0.25) is 0 Å². The van der Waals surface area contributed by atoms with Crippen molar-refractivity contribution < 1.29 is 9.59 Å². The van der Waals surface area contributed by atoms with Crippen molar-refractivity contribution in [3.63, 3.8) is 0 Å². The first-order chi connectivity index (χ1) is 9.56. The van der Waals surface area contributed by atoms with Gasteiger partial charge in [0, 0.05) is 37.9 Å². The number of Topliss-reactive ketones (excluding diaryl/α,β-unsaturated/α-hetero) is 2. The molecule has 0 aromatic heterocycles. The monoisotopic (exact) mass is 273 g/mol. The van der Waals surface area contributed by atoms with Crippen LogP contribution in [0.25, 0.3) is 0 Å². The smallest absolute Gasteiger partial charge is 0.162 e. The van der Waals surface area contributed by atoms with Gasteiger partial charge in [-0.25, -0.2) is 0 Å².